The molecule has 138 valence electrons. The quantitative estimate of drug-likeness (QED) is 0.806. The second-order valence-electron chi connectivity index (χ2n) is 6.71. The van der Waals surface area contributed by atoms with Crippen molar-refractivity contribution in [1.82, 2.24) is 15.1 Å². The van der Waals surface area contributed by atoms with Crippen molar-refractivity contribution >= 4 is 29.1 Å². The van der Waals surface area contributed by atoms with Crippen molar-refractivity contribution in [1.29, 1.82) is 0 Å². The topological polar surface area (TPSA) is 64.7 Å². The van der Waals surface area contributed by atoms with Crippen molar-refractivity contribution in [2.45, 2.75) is 32.9 Å². The summed E-state index contributed by atoms with van der Waals surface area (Å²) in [4.78, 5) is 28.5. The smallest absolute Gasteiger partial charge is 0.241 e. The number of anilines is 1. The van der Waals surface area contributed by atoms with E-state index in [0.29, 0.717) is 17.3 Å². The SMILES string of the molecule is CC(C)NC(=O)CN1CCN([C@H](C)C(=O)Nc2cccc(Cl)c2)CC1. The first-order valence-electron chi connectivity index (χ1n) is 8.67. The van der Waals surface area contributed by atoms with Crippen LogP contribution in [0.4, 0.5) is 5.69 Å². The second-order valence-corrected chi connectivity index (χ2v) is 7.15. The van der Waals surface area contributed by atoms with Crippen LogP contribution in [0.5, 0.6) is 0 Å². The number of nitrogens with zero attached hydrogens (tertiary/aromatic N) is 2. The minimum absolute atomic E-state index is 0.0479. The maximum absolute atomic E-state index is 12.4. The van der Waals surface area contributed by atoms with Crippen molar-refractivity contribution in [2.24, 2.45) is 0 Å². The fourth-order valence-electron chi connectivity index (χ4n) is 2.86. The monoisotopic (exact) mass is 366 g/mol. The van der Waals surface area contributed by atoms with Gasteiger partial charge in [0.15, 0.2) is 0 Å². The van der Waals surface area contributed by atoms with Crippen LogP contribution in [-0.4, -0.2) is 66.4 Å². The van der Waals surface area contributed by atoms with Gasteiger partial charge in [-0.05, 0) is 39.0 Å². The number of rotatable bonds is 6. The molecule has 0 aliphatic carbocycles. The molecule has 1 heterocycles. The Bertz CT molecular complexity index is 600. The standard InChI is InChI=1S/C18H27ClN4O2/c1-13(2)20-17(24)12-22-7-9-23(10-8-22)14(3)18(25)21-16-6-4-5-15(19)11-16/h4-6,11,13-14H,7-10,12H2,1-3H3,(H,20,24)(H,21,25)/t14-/m1/s1. The molecule has 1 saturated heterocycles. The van der Waals surface area contributed by atoms with Gasteiger partial charge in [0.25, 0.3) is 0 Å². The van der Waals surface area contributed by atoms with Crippen LogP contribution in [0.2, 0.25) is 5.02 Å². The number of piperazine rings is 1. The molecule has 1 aromatic carbocycles. The van der Waals surface area contributed by atoms with Crippen molar-refractivity contribution in [3.8, 4) is 0 Å². The first-order valence-corrected chi connectivity index (χ1v) is 9.05. The van der Waals surface area contributed by atoms with E-state index in [1.807, 2.05) is 32.9 Å². The van der Waals surface area contributed by atoms with E-state index in [1.54, 1.807) is 12.1 Å². The molecule has 1 aliphatic rings. The van der Waals surface area contributed by atoms with Gasteiger partial charge >= 0.3 is 0 Å². The number of benzene rings is 1. The highest BCUT2D eigenvalue weighted by atomic mass is 35.5. The number of halogens is 1. The molecular formula is C18H27ClN4O2. The van der Waals surface area contributed by atoms with Crippen LogP contribution in [0.25, 0.3) is 0 Å². The average Bonchev–Trinajstić information content (AvgIpc) is 2.54. The Balaban J connectivity index is 1.79. The van der Waals surface area contributed by atoms with Crippen LogP contribution in [-0.2, 0) is 9.59 Å². The Hall–Kier alpha value is -1.63. The number of hydrogen-bond acceptors (Lipinski definition) is 4. The lowest BCUT2D eigenvalue weighted by molar-refractivity contribution is -0.125. The van der Waals surface area contributed by atoms with Gasteiger partial charge in [0.2, 0.25) is 11.8 Å². The fourth-order valence-corrected chi connectivity index (χ4v) is 3.05. The number of hydrogen-bond donors (Lipinski definition) is 2. The fraction of sp³-hybridized carbons (Fsp3) is 0.556. The molecule has 1 aliphatic heterocycles. The van der Waals surface area contributed by atoms with Gasteiger partial charge < -0.3 is 10.6 Å². The summed E-state index contributed by atoms with van der Waals surface area (Å²) in [5.74, 6) is 0.00321. The molecule has 25 heavy (non-hydrogen) atoms. The molecule has 2 rings (SSSR count). The molecule has 0 spiro atoms. The van der Waals surface area contributed by atoms with E-state index >= 15 is 0 Å². The van der Waals surface area contributed by atoms with Crippen LogP contribution < -0.4 is 10.6 Å². The molecule has 1 fully saturated rings. The zero-order chi connectivity index (χ0) is 18.4. The summed E-state index contributed by atoms with van der Waals surface area (Å²) in [5, 5.41) is 6.40. The number of nitrogens with one attached hydrogen (secondary N) is 2. The van der Waals surface area contributed by atoms with Gasteiger partial charge in [0, 0.05) is 42.9 Å². The Labute approximate surface area is 154 Å². The third-order valence-electron chi connectivity index (χ3n) is 4.24. The highest BCUT2D eigenvalue weighted by Gasteiger charge is 2.26. The summed E-state index contributed by atoms with van der Waals surface area (Å²) in [6, 6.07) is 7.06. The van der Waals surface area contributed by atoms with E-state index in [2.05, 4.69) is 20.4 Å². The minimum atomic E-state index is -0.231. The summed E-state index contributed by atoms with van der Waals surface area (Å²) in [6.07, 6.45) is 0. The lowest BCUT2D eigenvalue weighted by atomic mass is 10.2. The van der Waals surface area contributed by atoms with Crippen LogP contribution in [0, 0.1) is 0 Å². The highest BCUT2D eigenvalue weighted by Crippen LogP contribution is 2.16. The van der Waals surface area contributed by atoms with Gasteiger partial charge in [0.05, 0.1) is 12.6 Å². The summed E-state index contributed by atoms with van der Waals surface area (Å²) < 4.78 is 0. The second kappa shape index (κ2) is 9.17. The lowest BCUT2D eigenvalue weighted by Crippen LogP contribution is -2.54. The van der Waals surface area contributed by atoms with Crippen LogP contribution in [0.3, 0.4) is 0 Å². The molecule has 0 saturated carbocycles. The summed E-state index contributed by atoms with van der Waals surface area (Å²) in [6.45, 7) is 9.31. The molecule has 2 N–H and O–H groups in total. The van der Waals surface area contributed by atoms with Gasteiger partial charge in [-0.3, -0.25) is 19.4 Å². The Morgan fingerprint density at radius 2 is 1.84 bits per heavy atom. The van der Waals surface area contributed by atoms with Crippen LogP contribution in [0.1, 0.15) is 20.8 Å². The van der Waals surface area contributed by atoms with E-state index in [9.17, 15) is 9.59 Å². The van der Waals surface area contributed by atoms with Gasteiger partial charge in [-0.25, -0.2) is 0 Å². The molecule has 7 heteroatoms. The normalized spacial score (nSPS) is 17.3. The Morgan fingerprint density at radius 3 is 2.44 bits per heavy atom. The molecule has 0 radical (unpaired) electrons. The van der Waals surface area contributed by atoms with E-state index in [4.69, 9.17) is 11.6 Å². The molecule has 0 aromatic heterocycles. The van der Waals surface area contributed by atoms with Crippen LogP contribution in [0.15, 0.2) is 24.3 Å². The zero-order valence-electron chi connectivity index (χ0n) is 15.1. The summed E-state index contributed by atoms with van der Waals surface area (Å²) in [7, 11) is 0. The van der Waals surface area contributed by atoms with Gasteiger partial charge in [-0.2, -0.15) is 0 Å². The zero-order valence-corrected chi connectivity index (χ0v) is 15.8. The maximum Gasteiger partial charge on any atom is 0.241 e. The van der Waals surface area contributed by atoms with Crippen molar-refractivity contribution in [3.05, 3.63) is 29.3 Å². The predicted molar refractivity (Wildman–Crippen MR) is 101 cm³/mol. The average molecular weight is 367 g/mol. The highest BCUT2D eigenvalue weighted by molar-refractivity contribution is 6.30. The van der Waals surface area contributed by atoms with E-state index in [0.717, 1.165) is 26.2 Å². The summed E-state index contributed by atoms with van der Waals surface area (Å²) >= 11 is 5.95. The lowest BCUT2D eigenvalue weighted by Gasteiger charge is -2.37. The van der Waals surface area contributed by atoms with E-state index in [1.165, 1.54) is 0 Å². The molecule has 6 nitrogen and oxygen atoms in total. The van der Waals surface area contributed by atoms with Crippen molar-refractivity contribution < 1.29 is 9.59 Å². The number of amides is 2. The predicted octanol–water partition coefficient (Wildman–Crippen LogP) is 1.81. The molecule has 1 atom stereocenters. The van der Waals surface area contributed by atoms with E-state index < -0.39 is 0 Å². The Kier molecular flexibility index (Phi) is 7.23. The molecule has 1 aromatic rings. The molecule has 0 unspecified atom stereocenters. The molecular weight excluding hydrogens is 340 g/mol. The third-order valence-corrected chi connectivity index (χ3v) is 4.48. The number of carbonyl (C=O) groups is 2. The maximum atomic E-state index is 12.4. The largest absolute Gasteiger partial charge is 0.353 e. The molecule has 2 amide bonds. The van der Waals surface area contributed by atoms with E-state index in [-0.39, 0.29) is 23.9 Å². The van der Waals surface area contributed by atoms with Crippen molar-refractivity contribution in [2.75, 3.05) is 38.0 Å². The Morgan fingerprint density at radius 1 is 1.16 bits per heavy atom. The summed E-state index contributed by atoms with van der Waals surface area (Å²) in [5.41, 5.74) is 0.702. The third kappa shape index (κ3) is 6.30. The molecule has 0 bridgehead atoms. The number of carbonyl (C=O) groups excluding carboxylic acids is 2. The van der Waals surface area contributed by atoms with Gasteiger partial charge in [-0.1, -0.05) is 17.7 Å². The van der Waals surface area contributed by atoms with Crippen molar-refractivity contribution in [3.63, 3.8) is 0 Å². The van der Waals surface area contributed by atoms with Crippen LogP contribution >= 0.6 is 11.6 Å². The minimum Gasteiger partial charge on any atom is -0.353 e. The first kappa shape index (κ1) is 19.7. The van der Waals surface area contributed by atoms with Gasteiger partial charge in [0.1, 0.15) is 0 Å². The first-order chi connectivity index (χ1) is 11.8. The van der Waals surface area contributed by atoms with Gasteiger partial charge in [-0.15, -0.1) is 0 Å².